The zero-order valence-electron chi connectivity index (χ0n) is 14.6. The van der Waals surface area contributed by atoms with Crippen molar-refractivity contribution in [2.75, 3.05) is 0 Å². The van der Waals surface area contributed by atoms with E-state index >= 15 is 0 Å². The molecule has 4 rings (SSSR count). The first-order chi connectivity index (χ1) is 12.7. The first kappa shape index (κ1) is 16.7. The van der Waals surface area contributed by atoms with Crippen molar-refractivity contribution in [1.29, 1.82) is 0 Å². The molecular formula is C19H18N4O2S. The molecule has 0 spiro atoms. The molecule has 0 radical (unpaired) electrons. The number of thiophene rings is 1. The van der Waals surface area contributed by atoms with Crippen molar-refractivity contribution < 1.29 is 4.52 Å². The molecule has 3 aromatic heterocycles. The van der Waals surface area contributed by atoms with E-state index in [0.29, 0.717) is 30.1 Å². The van der Waals surface area contributed by atoms with Gasteiger partial charge in [-0.1, -0.05) is 42.4 Å². The van der Waals surface area contributed by atoms with Gasteiger partial charge in [0, 0.05) is 30.3 Å². The molecule has 0 aliphatic heterocycles. The summed E-state index contributed by atoms with van der Waals surface area (Å²) in [5.74, 6) is 1.12. The highest BCUT2D eigenvalue weighted by Gasteiger charge is 2.18. The molecule has 0 amide bonds. The van der Waals surface area contributed by atoms with Gasteiger partial charge in [0.25, 0.3) is 5.56 Å². The molecule has 0 N–H and O–H groups in total. The molecule has 1 aromatic carbocycles. The Bertz CT molecular complexity index is 1110. The lowest BCUT2D eigenvalue weighted by Crippen LogP contribution is -2.21. The van der Waals surface area contributed by atoms with E-state index in [1.807, 2.05) is 30.3 Å². The van der Waals surface area contributed by atoms with E-state index in [0.717, 1.165) is 22.4 Å². The average Bonchev–Trinajstić information content (AvgIpc) is 3.25. The number of benzene rings is 1. The Morgan fingerprint density at radius 3 is 2.73 bits per heavy atom. The monoisotopic (exact) mass is 366 g/mol. The van der Waals surface area contributed by atoms with Crippen LogP contribution in [-0.2, 0) is 19.4 Å². The van der Waals surface area contributed by atoms with Crippen molar-refractivity contribution in [3.8, 4) is 11.1 Å². The van der Waals surface area contributed by atoms with Crippen LogP contribution in [0.5, 0.6) is 0 Å². The molecule has 0 aliphatic rings. The van der Waals surface area contributed by atoms with Crippen molar-refractivity contribution in [3.05, 3.63) is 63.6 Å². The second kappa shape index (κ2) is 6.84. The molecule has 0 saturated carbocycles. The highest BCUT2D eigenvalue weighted by molar-refractivity contribution is 7.19. The molecular weight excluding hydrogens is 348 g/mol. The highest BCUT2D eigenvalue weighted by atomic mass is 32.1. The molecule has 26 heavy (non-hydrogen) atoms. The summed E-state index contributed by atoms with van der Waals surface area (Å²) in [5.41, 5.74) is 2.04. The normalized spacial score (nSPS) is 11.3. The van der Waals surface area contributed by atoms with Crippen LogP contribution in [0.2, 0.25) is 0 Å². The Labute approximate surface area is 154 Å². The van der Waals surface area contributed by atoms with Gasteiger partial charge in [-0.15, -0.1) is 11.3 Å². The quantitative estimate of drug-likeness (QED) is 0.539. The summed E-state index contributed by atoms with van der Waals surface area (Å²) in [6.07, 6.45) is 3.00. The number of aromatic nitrogens is 4. The van der Waals surface area contributed by atoms with Crippen LogP contribution in [-0.4, -0.2) is 19.7 Å². The van der Waals surface area contributed by atoms with Crippen molar-refractivity contribution in [3.63, 3.8) is 0 Å². The predicted molar refractivity (Wildman–Crippen MR) is 101 cm³/mol. The third kappa shape index (κ3) is 2.94. The highest BCUT2D eigenvalue weighted by Crippen LogP contribution is 2.36. The lowest BCUT2D eigenvalue weighted by molar-refractivity contribution is 0.386. The predicted octanol–water partition coefficient (Wildman–Crippen LogP) is 3.62. The molecule has 0 saturated heterocycles. The molecule has 0 aliphatic carbocycles. The fourth-order valence-electron chi connectivity index (χ4n) is 3.05. The van der Waals surface area contributed by atoms with E-state index in [1.165, 1.54) is 4.88 Å². The average molecular weight is 366 g/mol. The Balaban J connectivity index is 1.80. The first-order valence-corrected chi connectivity index (χ1v) is 9.34. The lowest BCUT2D eigenvalue weighted by Gasteiger charge is -2.06. The molecule has 4 aromatic rings. The SMILES string of the molecule is CCc1sc2ncn(CCc3noc(C)n3)c(=O)c2c1-c1ccccc1. The Kier molecular flexibility index (Phi) is 4.38. The second-order valence-electron chi connectivity index (χ2n) is 6.02. The summed E-state index contributed by atoms with van der Waals surface area (Å²) in [4.78, 5) is 23.8. The van der Waals surface area contributed by atoms with E-state index in [2.05, 4.69) is 22.0 Å². The van der Waals surface area contributed by atoms with Crippen LogP contribution in [0.15, 0.2) is 46.0 Å². The van der Waals surface area contributed by atoms with Crippen LogP contribution in [0, 0.1) is 6.92 Å². The molecule has 0 unspecified atom stereocenters. The van der Waals surface area contributed by atoms with Crippen LogP contribution < -0.4 is 5.56 Å². The number of nitrogens with zero attached hydrogens (tertiary/aromatic N) is 4. The van der Waals surface area contributed by atoms with Gasteiger partial charge in [-0.05, 0) is 12.0 Å². The van der Waals surface area contributed by atoms with Crippen LogP contribution in [0.4, 0.5) is 0 Å². The summed E-state index contributed by atoms with van der Waals surface area (Å²) < 4.78 is 6.62. The number of rotatable bonds is 5. The Morgan fingerprint density at radius 2 is 2.04 bits per heavy atom. The van der Waals surface area contributed by atoms with Crippen molar-refractivity contribution in [2.45, 2.75) is 33.2 Å². The maximum Gasteiger partial charge on any atom is 0.262 e. The fourth-order valence-corrected chi connectivity index (χ4v) is 4.15. The minimum Gasteiger partial charge on any atom is -0.340 e. The van der Waals surface area contributed by atoms with E-state index < -0.39 is 0 Å². The minimum absolute atomic E-state index is 0.0231. The van der Waals surface area contributed by atoms with Gasteiger partial charge in [0.2, 0.25) is 5.89 Å². The van der Waals surface area contributed by atoms with E-state index in [1.54, 1.807) is 29.2 Å². The summed E-state index contributed by atoms with van der Waals surface area (Å²) in [7, 11) is 0. The minimum atomic E-state index is -0.0231. The Hall–Kier alpha value is -2.80. The summed E-state index contributed by atoms with van der Waals surface area (Å²) in [5, 5.41) is 4.58. The van der Waals surface area contributed by atoms with Gasteiger partial charge in [0.15, 0.2) is 5.82 Å². The Morgan fingerprint density at radius 1 is 1.23 bits per heavy atom. The van der Waals surface area contributed by atoms with Crippen LogP contribution in [0.3, 0.4) is 0 Å². The van der Waals surface area contributed by atoms with Gasteiger partial charge in [0.05, 0.1) is 11.7 Å². The standard InChI is InChI=1S/C19H18N4O2S/c1-3-14-16(13-7-5-4-6-8-13)17-18(26-14)20-11-23(19(17)24)10-9-15-21-12(2)25-22-15/h4-8,11H,3,9-10H2,1-2H3. The van der Waals surface area contributed by atoms with Crippen molar-refractivity contribution in [1.82, 2.24) is 19.7 Å². The molecule has 0 bridgehead atoms. The largest absolute Gasteiger partial charge is 0.340 e. The lowest BCUT2D eigenvalue weighted by atomic mass is 10.0. The fraction of sp³-hybridized carbons (Fsp3) is 0.263. The number of fused-ring (bicyclic) bond motifs is 1. The maximum atomic E-state index is 13.1. The number of hydrogen-bond donors (Lipinski definition) is 0. The van der Waals surface area contributed by atoms with Crippen LogP contribution in [0.25, 0.3) is 21.3 Å². The maximum absolute atomic E-state index is 13.1. The molecule has 0 atom stereocenters. The zero-order valence-corrected chi connectivity index (χ0v) is 15.4. The summed E-state index contributed by atoms with van der Waals surface area (Å²) >= 11 is 1.60. The van der Waals surface area contributed by atoms with E-state index in [9.17, 15) is 4.79 Å². The van der Waals surface area contributed by atoms with Gasteiger partial charge >= 0.3 is 0 Å². The first-order valence-electron chi connectivity index (χ1n) is 8.52. The molecule has 3 heterocycles. The third-order valence-electron chi connectivity index (χ3n) is 4.28. The van der Waals surface area contributed by atoms with Crippen molar-refractivity contribution >= 4 is 21.6 Å². The molecule has 7 heteroatoms. The van der Waals surface area contributed by atoms with E-state index in [-0.39, 0.29) is 5.56 Å². The van der Waals surface area contributed by atoms with Gasteiger partial charge in [-0.3, -0.25) is 9.36 Å². The number of hydrogen-bond acceptors (Lipinski definition) is 6. The topological polar surface area (TPSA) is 73.8 Å². The van der Waals surface area contributed by atoms with Gasteiger partial charge < -0.3 is 4.52 Å². The summed E-state index contributed by atoms with van der Waals surface area (Å²) in [6.45, 7) is 4.32. The molecule has 0 fully saturated rings. The third-order valence-corrected chi connectivity index (χ3v) is 5.52. The van der Waals surface area contributed by atoms with Gasteiger partial charge in [-0.2, -0.15) is 4.98 Å². The van der Waals surface area contributed by atoms with Crippen LogP contribution in [0.1, 0.15) is 23.5 Å². The van der Waals surface area contributed by atoms with Gasteiger partial charge in [0.1, 0.15) is 4.83 Å². The molecule has 6 nitrogen and oxygen atoms in total. The summed E-state index contributed by atoms with van der Waals surface area (Å²) in [6, 6.07) is 10.0. The second-order valence-corrected chi connectivity index (χ2v) is 7.11. The number of aryl methyl sites for hydroxylation is 4. The van der Waals surface area contributed by atoms with Gasteiger partial charge in [-0.25, -0.2) is 4.98 Å². The van der Waals surface area contributed by atoms with Crippen molar-refractivity contribution in [2.24, 2.45) is 0 Å². The van der Waals surface area contributed by atoms with E-state index in [4.69, 9.17) is 4.52 Å². The zero-order chi connectivity index (χ0) is 18.1. The smallest absolute Gasteiger partial charge is 0.262 e. The molecule has 132 valence electrons. The van der Waals surface area contributed by atoms with Crippen LogP contribution >= 0.6 is 11.3 Å².